The topological polar surface area (TPSA) is 51.3 Å². The number of anilines is 1. The second kappa shape index (κ2) is 10.1. The summed E-state index contributed by atoms with van der Waals surface area (Å²) in [6.45, 7) is -0.723. The number of nitrogens with one attached hydrogen (secondary N) is 2. The number of para-hydroxylation sites is 1. The Bertz CT molecular complexity index is 1300. The molecule has 5 rings (SSSR count). The van der Waals surface area contributed by atoms with Crippen LogP contribution in [0.1, 0.15) is 29.3 Å². The summed E-state index contributed by atoms with van der Waals surface area (Å²) in [5.74, 6) is -5.86. The molecule has 0 saturated carbocycles. The quantitative estimate of drug-likeness (QED) is 0.271. The molecule has 206 valence electrons. The zero-order valence-electron chi connectivity index (χ0n) is 21.0. The van der Waals surface area contributed by atoms with Crippen LogP contribution in [0.25, 0.3) is 10.9 Å². The highest BCUT2D eigenvalue weighted by atomic mass is 19.3. The molecule has 2 aromatic carbocycles. The summed E-state index contributed by atoms with van der Waals surface area (Å²) >= 11 is 0. The molecule has 1 aromatic heterocycles. The first-order valence-corrected chi connectivity index (χ1v) is 12.7. The Morgan fingerprint density at radius 1 is 1.13 bits per heavy atom. The number of nitrogens with zero attached hydrogens (tertiary/aromatic N) is 2. The second-order valence-electron chi connectivity index (χ2n) is 10.7. The third kappa shape index (κ3) is 4.87. The van der Waals surface area contributed by atoms with Crippen molar-refractivity contribution in [3.63, 3.8) is 0 Å². The molecule has 0 aliphatic carbocycles. The largest absolute Gasteiger partial charge is 0.390 e. The standard InChI is InChI=1S/C27H31F6N4O/c1-37(14-27(32,33)15-38)9-6-19-18-4-2-5-20(29)24(18)35-25(19)26(37)23-21(30)10-16(11-22(23)31)34-17-12-36(13-17)8-3-7-28/h2,4-5,10-11,17,26,34-35,38H,3,6-9,12-15H2,1H3/q+1/t26-,37?/m0/s1. The molecule has 2 aliphatic rings. The molecule has 1 fully saturated rings. The number of likely N-dealkylation sites (tertiary alicyclic amines) is 1. The summed E-state index contributed by atoms with van der Waals surface area (Å²) in [4.78, 5) is 4.98. The molecule has 1 saturated heterocycles. The molecule has 2 atom stereocenters. The fourth-order valence-electron chi connectivity index (χ4n) is 6.07. The summed E-state index contributed by atoms with van der Waals surface area (Å²) in [5.41, 5.74) is 0.904. The number of quaternary nitrogens is 1. The Labute approximate surface area is 216 Å². The first-order valence-electron chi connectivity index (χ1n) is 12.7. The van der Waals surface area contributed by atoms with Gasteiger partial charge in [-0.1, -0.05) is 12.1 Å². The van der Waals surface area contributed by atoms with Gasteiger partial charge in [-0.15, -0.1) is 0 Å². The average Bonchev–Trinajstić information content (AvgIpc) is 3.21. The highest BCUT2D eigenvalue weighted by Gasteiger charge is 2.50. The van der Waals surface area contributed by atoms with Gasteiger partial charge in [0.2, 0.25) is 0 Å². The van der Waals surface area contributed by atoms with E-state index in [9.17, 15) is 22.7 Å². The van der Waals surface area contributed by atoms with Gasteiger partial charge in [0.15, 0.2) is 6.04 Å². The number of alkyl halides is 3. The molecule has 38 heavy (non-hydrogen) atoms. The average molecular weight is 542 g/mol. The van der Waals surface area contributed by atoms with Crippen molar-refractivity contribution in [1.29, 1.82) is 0 Å². The van der Waals surface area contributed by atoms with E-state index in [0.717, 1.165) is 12.1 Å². The van der Waals surface area contributed by atoms with Crippen molar-refractivity contribution >= 4 is 16.6 Å². The van der Waals surface area contributed by atoms with Gasteiger partial charge in [-0.05, 0) is 30.2 Å². The first-order chi connectivity index (χ1) is 18.0. The lowest BCUT2D eigenvalue weighted by Crippen LogP contribution is -2.57. The number of benzene rings is 2. The van der Waals surface area contributed by atoms with Crippen LogP contribution >= 0.6 is 0 Å². The van der Waals surface area contributed by atoms with Crippen LogP contribution in [0, 0.1) is 17.5 Å². The number of aromatic nitrogens is 1. The van der Waals surface area contributed by atoms with E-state index in [4.69, 9.17) is 0 Å². The minimum atomic E-state index is -3.49. The third-order valence-corrected chi connectivity index (χ3v) is 7.81. The first kappa shape index (κ1) is 26.8. The van der Waals surface area contributed by atoms with Crippen molar-refractivity contribution in [2.24, 2.45) is 0 Å². The maximum absolute atomic E-state index is 15.7. The molecule has 0 radical (unpaired) electrons. The molecular weight excluding hydrogens is 510 g/mol. The van der Waals surface area contributed by atoms with Crippen LogP contribution in [0.2, 0.25) is 0 Å². The van der Waals surface area contributed by atoms with Gasteiger partial charge in [-0.2, -0.15) is 8.78 Å². The molecule has 3 heterocycles. The molecule has 3 N–H and O–H groups in total. The number of rotatable bonds is 9. The molecule has 5 nitrogen and oxygen atoms in total. The fourth-order valence-corrected chi connectivity index (χ4v) is 6.07. The Hall–Kier alpha value is -2.76. The monoisotopic (exact) mass is 541 g/mol. The summed E-state index contributed by atoms with van der Waals surface area (Å²) in [6, 6.07) is 5.50. The molecule has 2 aliphatic heterocycles. The molecular formula is C27H31F6N4O+. The van der Waals surface area contributed by atoms with E-state index >= 15 is 8.78 Å². The second-order valence-corrected chi connectivity index (χ2v) is 10.7. The summed E-state index contributed by atoms with van der Waals surface area (Å²) < 4.78 is 87.0. The molecule has 0 amide bonds. The van der Waals surface area contributed by atoms with Crippen LogP contribution in [0.5, 0.6) is 0 Å². The van der Waals surface area contributed by atoms with Gasteiger partial charge >= 0.3 is 5.92 Å². The molecule has 0 bridgehead atoms. The summed E-state index contributed by atoms with van der Waals surface area (Å²) in [6.07, 6.45) is 0.717. The van der Waals surface area contributed by atoms with Crippen molar-refractivity contribution < 1.29 is 35.9 Å². The summed E-state index contributed by atoms with van der Waals surface area (Å²) in [7, 11) is 1.48. The Morgan fingerprint density at radius 2 is 1.84 bits per heavy atom. The Balaban J connectivity index is 1.53. The minimum Gasteiger partial charge on any atom is -0.390 e. The number of halogens is 6. The third-order valence-electron chi connectivity index (χ3n) is 7.81. The highest BCUT2D eigenvalue weighted by Crippen LogP contribution is 2.45. The van der Waals surface area contributed by atoms with E-state index in [-0.39, 0.29) is 35.9 Å². The zero-order chi connectivity index (χ0) is 27.2. The van der Waals surface area contributed by atoms with Crippen LogP contribution in [-0.2, 0) is 6.42 Å². The maximum atomic E-state index is 15.7. The number of likely N-dealkylation sites (N-methyl/N-ethyl adjacent to an activating group) is 1. The zero-order valence-corrected chi connectivity index (χ0v) is 21.0. The predicted molar refractivity (Wildman–Crippen MR) is 133 cm³/mol. The maximum Gasteiger partial charge on any atom is 0.318 e. The number of fused-ring (bicyclic) bond motifs is 3. The lowest BCUT2D eigenvalue weighted by molar-refractivity contribution is -0.942. The van der Waals surface area contributed by atoms with E-state index in [0.29, 0.717) is 37.0 Å². The van der Waals surface area contributed by atoms with E-state index in [1.807, 2.05) is 4.90 Å². The van der Waals surface area contributed by atoms with E-state index in [1.165, 1.54) is 19.2 Å². The summed E-state index contributed by atoms with van der Waals surface area (Å²) in [5, 5.41) is 12.9. The van der Waals surface area contributed by atoms with Crippen molar-refractivity contribution in [2.75, 3.05) is 58.4 Å². The number of hydrogen-bond acceptors (Lipinski definition) is 3. The van der Waals surface area contributed by atoms with Crippen molar-refractivity contribution in [1.82, 2.24) is 9.88 Å². The Morgan fingerprint density at radius 3 is 2.50 bits per heavy atom. The number of H-pyrrole nitrogens is 1. The van der Waals surface area contributed by atoms with Crippen LogP contribution < -0.4 is 5.32 Å². The van der Waals surface area contributed by atoms with Gasteiger partial charge in [-0.25, -0.2) is 13.2 Å². The number of hydrogen-bond donors (Lipinski definition) is 3. The van der Waals surface area contributed by atoms with Crippen LogP contribution in [0.4, 0.5) is 32.0 Å². The molecule has 0 spiro atoms. The normalized spacial score (nSPS) is 22.5. The predicted octanol–water partition coefficient (Wildman–Crippen LogP) is 4.76. The van der Waals surface area contributed by atoms with Gasteiger partial charge in [0, 0.05) is 37.1 Å². The smallest absolute Gasteiger partial charge is 0.318 e. The van der Waals surface area contributed by atoms with Crippen molar-refractivity contribution in [3.05, 3.63) is 64.6 Å². The van der Waals surface area contributed by atoms with E-state index in [2.05, 4.69) is 10.3 Å². The van der Waals surface area contributed by atoms with Crippen LogP contribution in [0.15, 0.2) is 30.3 Å². The van der Waals surface area contributed by atoms with Crippen molar-refractivity contribution in [3.8, 4) is 0 Å². The number of aliphatic hydroxyl groups is 1. The lowest BCUT2D eigenvalue weighted by Gasteiger charge is -2.46. The number of aliphatic hydroxyl groups excluding tert-OH is 1. The van der Waals surface area contributed by atoms with E-state index < -0.39 is 59.3 Å². The van der Waals surface area contributed by atoms with Crippen LogP contribution in [-0.4, -0.2) is 84.5 Å². The highest BCUT2D eigenvalue weighted by molar-refractivity contribution is 5.85. The van der Waals surface area contributed by atoms with E-state index in [1.54, 1.807) is 6.07 Å². The van der Waals surface area contributed by atoms with Gasteiger partial charge in [0.1, 0.15) is 30.6 Å². The molecule has 3 aromatic rings. The lowest BCUT2D eigenvalue weighted by atomic mass is 9.89. The van der Waals surface area contributed by atoms with Gasteiger partial charge in [0.25, 0.3) is 0 Å². The van der Waals surface area contributed by atoms with Gasteiger partial charge in [0.05, 0.1) is 43.1 Å². The Kier molecular flexibility index (Phi) is 7.12. The van der Waals surface area contributed by atoms with Crippen molar-refractivity contribution in [2.45, 2.75) is 30.8 Å². The fraction of sp³-hybridized carbons (Fsp3) is 0.481. The van der Waals surface area contributed by atoms with Gasteiger partial charge in [-0.3, -0.25) is 9.29 Å². The molecule has 1 unspecified atom stereocenters. The van der Waals surface area contributed by atoms with Crippen LogP contribution in [0.3, 0.4) is 0 Å². The minimum absolute atomic E-state index is 0.0541. The molecule has 11 heteroatoms. The van der Waals surface area contributed by atoms with Gasteiger partial charge < -0.3 is 19.9 Å². The SMILES string of the molecule is C[N+]1(CC(F)(F)CO)CCc2c([nH]c3c(F)cccc23)[C@@H]1c1c(F)cc(NC2CN(CCCF)C2)cc1F. The number of aromatic amines is 1.